The molecular formula is C13H10FN3O3. The van der Waals surface area contributed by atoms with Crippen molar-refractivity contribution < 1.29 is 14.1 Å². The summed E-state index contributed by atoms with van der Waals surface area (Å²) < 4.78 is 13.2. The molecule has 0 aliphatic heterocycles. The monoisotopic (exact) mass is 275 g/mol. The van der Waals surface area contributed by atoms with E-state index >= 15 is 0 Å². The number of hydrogen-bond acceptors (Lipinski definition) is 4. The van der Waals surface area contributed by atoms with Crippen molar-refractivity contribution in [3.8, 4) is 0 Å². The van der Waals surface area contributed by atoms with E-state index in [-0.39, 0.29) is 12.1 Å². The molecule has 2 aromatic rings. The Bertz CT molecular complexity index is 647. The van der Waals surface area contributed by atoms with Crippen LogP contribution in [0.2, 0.25) is 0 Å². The van der Waals surface area contributed by atoms with Crippen molar-refractivity contribution in [2.24, 2.45) is 0 Å². The van der Waals surface area contributed by atoms with Gasteiger partial charge in [0, 0.05) is 30.6 Å². The summed E-state index contributed by atoms with van der Waals surface area (Å²) in [7, 11) is 0. The number of nitrogens with zero attached hydrogens (tertiary/aromatic N) is 2. The van der Waals surface area contributed by atoms with Gasteiger partial charge in [0.05, 0.1) is 4.92 Å². The number of rotatable bonds is 4. The quantitative estimate of drug-likeness (QED) is 0.683. The lowest BCUT2D eigenvalue weighted by Gasteiger charge is -2.05. The minimum Gasteiger partial charge on any atom is -0.348 e. The molecule has 2 rings (SSSR count). The summed E-state index contributed by atoms with van der Waals surface area (Å²) in [6.45, 7) is 0.234. The van der Waals surface area contributed by atoms with E-state index in [1.807, 2.05) is 0 Å². The van der Waals surface area contributed by atoms with Gasteiger partial charge in [0.25, 0.3) is 5.91 Å². The Morgan fingerprint density at radius 1 is 1.40 bits per heavy atom. The molecule has 0 spiro atoms. The normalized spacial score (nSPS) is 10.1. The third-order valence-electron chi connectivity index (χ3n) is 2.58. The van der Waals surface area contributed by atoms with Crippen molar-refractivity contribution in [3.05, 3.63) is 69.8 Å². The third-order valence-corrected chi connectivity index (χ3v) is 2.58. The van der Waals surface area contributed by atoms with Crippen molar-refractivity contribution >= 4 is 11.6 Å². The van der Waals surface area contributed by atoms with Crippen LogP contribution in [-0.2, 0) is 6.54 Å². The van der Waals surface area contributed by atoms with Gasteiger partial charge in [0.1, 0.15) is 0 Å². The van der Waals surface area contributed by atoms with Crippen molar-refractivity contribution in [2.75, 3.05) is 0 Å². The van der Waals surface area contributed by atoms with Crippen LogP contribution in [0.1, 0.15) is 15.9 Å². The minimum atomic E-state index is -0.973. The van der Waals surface area contributed by atoms with E-state index in [1.54, 1.807) is 24.5 Å². The first kappa shape index (κ1) is 13.6. The van der Waals surface area contributed by atoms with Crippen LogP contribution in [0.4, 0.5) is 10.1 Å². The fourth-order valence-corrected chi connectivity index (χ4v) is 1.58. The molecule has 6 nitrogen and oxygen atoms in total. The zero-order chi connectivity index (χ0) is 14.5. The molecule has 1 heterocycles. The van der Waals surface area contributed by atoms with Gasteiger partial charge in [-0.15, -0.1) is 0 Å². The number of halogens is 1. The molecule has 0 aliphatic carbocycles. The lowest BCUT2D eigenvalue weighted by atomic mass is 10.1. The molecule has 0 fully saturated rings. The highest BCUT2D eigenvalue weighted by molar-refractivity contribution is 5.94. The second-order valence-corrected chi connectivity index (χ2v) is 3.97. The summed E-state index contributed by atoms with van der Waals surface area (Å²) in [6, 6.07) is 6.51. The van der Waals surface area contributed by atoms with Gasteiger partial charge in [-0.25, -0.2) is 0 Å². The fourth-order valence-electron chi connectivity index (χ4n) is 1.58. The Hall–Kier alpha value is -2.83. The molecule has 0 radical (unpaired) electrons. The van der Waals surface area contributed by atoms with Gasteiger partial charge in [-0.3, -0.25) is 19.9 Å². The number of aromatic nitrogens is 1. The first-order valence-corrected chi connectivity index (χ1v) is 5.69. The van der Waals surface area contributed by atoms with Gasteiger partial charge in [0.2, 0.25) is 5.82 Å². The molecule has 7 heteroatoms. The minimum absolute atomic E-state index is 0.0296. The van der Waals surface area contributed by atoms with E-state index in [1.165, 1.54) is 6.07 Å². The Morgan fingerprint density at radius 2 is 2.20 bits per heavy atom. The van der Waals surface area contributed by atoms with Crippen LogP contribution in [0.5, 0.6) is 0 Å². The Morgan fingerprint density at radius 3 is 2.85 bits per heavy atom. The summed E-state index contributed by atoms with van der Waals surface area (Å²) in [5.41, 5.74) is 0.0958. The van der Waals surface area contributed by atoms with Crippen molar-refractivity contribution in [2.45, 2.75) is 6.54 Å². The van der Waals surface area contributed by atoms with Crippen LogP contribution in [-0.4, -0.2) is 15.8 Å². The van der Waals surface area contributed by atoms with E-state index in [9.17, 15) is 19.3 Å². The molecule has 1 amide bonds. The predicted octanol–water partition coefficient (Wildman–Crippen LogP) is 2.06. The standard InChI is InChI=1S/C13H10FN3O3/c14-11-4-3-10(6-12(11)17(19)20)13(18)16-8-9-2-1-5-15-7-9/h1-7H,8H2,(H,16,18). The predicted molar refractivity (Wildman–Crippen MR) is 68.5 cm³/mol. The number of pyridine rings is 1. The Labute approximate surface area is 113 Å². The topological polar surface area (TPSA) is 85.1 Å². The average molecular weight is 275 g/mol. The number of nitro benzene ring substituents is 1. The lowest BCUT2D eigenvalue weighted by molar-refractivity contribution is -0.387. The van der Waals surface area contributed by atoms with Crippen molar-refractivity contribution in [3.63, 3.8) is 0 Å². The number of amides is 1. The maximum Gasteiger partial charge on any atom is 0.305 e. The van der Waals surface area contributed by atoms with Gasteiger partial charge >= 0.3 is 5.69 Å². The van der Waals surface area contributed by atoms with Gasteiger partial charge in [0.15, 0.2) is 0 Å². The fraction of sp³-hybridized carbons (Fsp3) is 0.0769. The highest BCUT2D eigenvalue weighted by Crippen LogP contribution is 2.18. The van der Waals surface area contributed by atoms with Gasteiger partial charge in [-0.05, 0) is 23.8 Å². The molecule has 1 aromatic heterocycles. The molecule has 0 saturated heterocycles. The van der Waals surface area contributed by atoms with Gasteiger partial charge < -0.3 is 5.32 Å². The number of hydrogen-bond donors (Lipinski definition) is 1. The average Bonchev–Trinajstić information content (AvgIpc) is 2.46. The molecule has 0 aliphatic rings. The molecular weight excluding hydrogens is 265 g/mol. The third kappa shape index (κ3) is 3.14. The van der Waals surface area contributed by atoms with E-state index < -0.39 is 22.3 Å². The smallest absolute Gasteiger partial charge is 0.305 e. The van der Waals surface area contributed by atoms with Crippen molar-refractivity contribution in [1.82, 2.24) is 10.3 Å². The van der Waals surface area contributed by atoms with E-state index in [0.717, 1.165) is 17.7 Å². The molecule has 0 saturated carbocycles. The largest absolute Gasteiger partial charge is 0.348 e. The lowest BCUT2D eigenvalue weighted by Crippen LogP contribution is -2.23. The molecule has 20 heavy (non-hydrogen) atoms. The zero-order valence-corrected chi connectivity index (χ0v) is 10.2. The summed E-state index contributed by atoms with van der Waals surface area (Å²) >= 11 is 0. The summed E-state index contributed by atoms with van der Waals surface area (Å²) in [6.07, 6.45) is 3.20. The molecule has 1 aromatic carbocycles. The van der Waals surface area contributed by atoms with Gasteiger partial charge in [-0.1, -0.05) is 6.07 Å². The molecule has 1 N–H and O–H groups in total. The second-order valence-electron chi connectivity index (χ2n) is 3.97. The number of nitro groups is 1. The number of carbonyl (C=O) groups excluding carboxylic acids is 1. The molecule has 0 unspecified atom stereocenters. The summed E-state index contributed by atoms with van der Waals surface area (Å²) in [5.74, 6) is -1.49. The van der Waals surface area contributed by atoms with Crippen molar-refractivity contribution in [1.29, 1.82) is 0 Å². The van der Waals surface area contributed by atoms with Crippen LogP contribution in [0, 0.1) is 15.9 Å². The van der Waals surface area contributed by atoms with Crippen LogP contribution in [0.25, 0.3) is 0 Å². The van der Waals surface area contributed by atoms with E-state index in [4.69, 9.17) is 0 Å². The summed E-state index contributed by atoms with van der Waals surface area (Å²) in [5, 5.41) is 13.2. The maximum absolute atomic E-state index is 13.2. The SMILES string of the molecule is O=C(NCc1cccnc1)c1ccc(F)c([N+](=O)[O-])c1. The first-order valence-electron chi connectivity index (χ1n) is 5.69. The second kappa shape index (κ2) is 5.87. The Balaban J connectivity index is 2.10. The van der Waals surface area contributed by atoms with Crippen LogP contribution >= 0.6 is 0 Å². The number of benzene rings is 1. The van der Waals surface area contributed by atoms with E-state index in [2.05, 4.69) is 10.3 Å². The highest BCUT2D eigenvalue weighted by Gasteiger charge is 2.17. The van der Waals surface area contributed by atoms with Gasteiger partial charge in [-0.2, -0.15) is 4.39 Å². The maximum atomic E-state index is 13.2. The molecule has 0 atom stereocenters. The number of carbonyl (C=O) groups is 1. The van der Waals surface area contributed by atoms with Crippen LogP contribution < -0.4 is 5.32 Å². The zero-order valence-electron chi connectivity index (χ0n) is 10.2. The summed E-state index contributed by atoms with van der Waals surface area (Å²) in [4.78, 5) is 25.5. The van der Waals surface area contributed by atoms with E-state index in [0.29, 0.717) is 0 Å². The number of nitrogens with one attached hydrogen (secondary N) is 1. The molecule has 0 bridgehead atoms. The first-order chi connectivity index (χ1) is 9.58. The van der Waals surface area contributed by atoms with Crippen LogP contribution in [0.15, 0.2) is 42.7 Å². The highest BCUT2D eigenvalue weighted by atomic mass is 19.1. The van der Waals surface area contributed by atoms with Crippen LogP contribution in [0.3, 0.4) is 0 Å². The Kier molecular flexibility index (Phi) is 3.99. The molecule has 102 valence electrons.